The summed E-state index contributed by atoms with van der Waals surface area (Å²) in [5.41, 5.74) is 1.31. The van der Waals surface area contributed by atoms with E-state index >= 15 is 0 Å². The van der Waals surface area contributed by atoms with Crippen LogP contribution >= 0.6 is 0 Å². The molecule has 2 aliphatic rings. The van der Waals surface area contributed by atoms with E-state index in [1.54, 1.807) is 0 Å². The molecule has 1 unspecified atom stereocenters. The Morgan fingerprint density at radius 3 is 3.11 bits per heavy atom. The second-order valence-electron chi connectivity index (χ2n) is 5.64. The number of hydrogen-bond acceptors (Lipinski definition) is 4. The highest BCUT2D eigenvalue weighted by molar-refractivity contribution is 5.00. The standard InChI is InChI=1S/C14H24N4O/c1-17-13(4-6-16-17)5-7-18-8-9-19-11-14(18)10-15-12-2-3-12/h4,6,12,14-15H,2-3,5,7-11H2,1H3. The summed E-state index contributed by atoms with van der Waals surface area (Å²) >= 11 is 0. The first-order valence-corrected chi connectivity index (χ1v) is 7.35. The number of morpholine rings is 1. The maximum atomic E-state index is 5.63. The van der Waals surface area contributed by atoms with Gasteiger partial charge in [0, 0.05) is 57.1 Å². The van der Waals surface area contributed by atoms with Crippen molar-refractivity contribution in [2.75, 3.05) is 32.8 Å². The van der Waals surface area contributed by atoms with Gasteiger partial charge in [-0.3, -0.25) is 9.58 Å². The zero-order valence-electron chi connectivity index (χ0n) is 11.7. The van der Waals surface area contributed by atoms with Gasteiger partial charge in [-0.1, -0.05) is 0 Å². The van der Waals surface area contributed by atoms with Crippen molar-refractivity contribution >= 4 is 0 Å². The van der Waals surface area contributed by atoms with Gasteiger partial charge in [-0.05, 0) is 18.9 Å². The fourth-order valence-corrected chi connectivity index (χ4v) is 2.67. The van der Waals surface area contributed by atoms with E-state index in [1.807, 2.05) is 17.9 Å². The smallest absolute Gasteiger partial charge is 0.0634 e. The average molecular weight is 264 g/mol. The Balaban J connectivity index is 1.49. The molecule has 0 aromatic carbocycles. The summed E-state index contributed by atoms with van der Waals surface area (Å²) in [6, 6.07) is 3.42. The second-order valence-corrected chi connectivity index (χ2v) is 5.64. The summed E-state index contributed by atoms with van der Waals surface area (Å²) in [5.74, 6) is 0. The lowest BCUT2D eigenvalue weighted by molar-refractivity contribution is -0.00646. The molecule has 5 heteroatoms. The minimum atomic E-state index is 0.530. The highest BCUT2D eigenvalue weighted by atomic mass is 16.5. The van der Waals surface area contributed by atoms with E-state index in [4.69, 9.17) is 4.74 Å². The first kappa shape index (κ1) is 13.1. The Morgan fingerprint density at radius 1 is 1.47 bits per heavy atom. The number of aryl methyl sites for hydroxylation is 1. The molecule has 1 aliphatic heterocycles. The van der Waals surface area contributed by atoms with Crippen molar-refractivity contribution in [3.8, 4) is 0 Å². The van der Waals surface area contributed by atoms with E-state index in [9.17, 15) is 0 Å². The third-order valence-corrected chi connectivity index (χ3v) is 4.15. The third kappa shape index (κ3) is 3.55. The van der Waals surface area contributed by atoms with Gasteiger partial charge in [-0.15, -0.1) is 0 Å². The van der Waals surface area contributed by atoms with Crippen LogP contribution in [-0.4, -0.2) is 59.6 Å². The number of hydrogen-bond donors (Lipinski definition) is 1. The molecule has 1 aromatic heterocycles. The van der Waals surface area contributed by atoms with Gasteiger partial charge in [0.25, 0.3) is 0 Å². The monoisotopic (exact) mass is 264 g/mol. The Morgan fingerprint density at radius 2 is 2.37 bits per heavy atom. The maximum absolute atomic E-state index is 5.63. The van der Waals surface area contributed by atoms with E-state index in [-0.39, 0.29) is 0 Å². The molecule has 0 radical (unpaired) electrons. The van der Waals surface area contributed by atoms with Gasteiger partial charge in [-0.25, -0.2) is 0 Å². The fraction of sp³-hybridized carbons (Fsp3) is 0.786. The lowest BCUT2D eigenvalue weighted by Gasteiger charge is -2.35. The Labute approximate surface area is 114 Å². The van der Waals surface area contributed by atoms with E-state index < -0.39 is 0 Å². The SMILES string of the molecule is Cn1nccc1CCN1CCOCC1CNC1CC1. The summed E-state index contributed by atoms with van der Waals surface area (Å²) in [7, 11) is 2.01. The second kappa shape index (κ2) is 6.03. The normalized spacial score (nSPS) is 24.8. The topological polar surface area (TPSA) is 42.3 Å². The molecule has 3 rings (SSSR count). The predicted molar refractivity (Wildman–Crippen MR) is 74.1 cm³/mol. The van der Waals surface area contributed by atoms with Gasteiger partial charge in [0.15, 0.2) is 0 Å². The Kier molecular flexibility index (Phi) is 4.15. The molecular weight excluding hydrogens is 240 g/mol. The van der Waals surface area contributed by atoms with Crippen LogP contribution in [-0.2, 0) is 18.2 Å². The van der Waals surface area contributed by atoms with Crippen molar-refractivity contribution < 1.29 is 4.74 Å². The Bertz CT molecular complexity index is 402. The quantitative estimate of drug-likeness (QED) is 0.808. The van der Waals surface area contributed by atoms with Gasteiger partial charge < -0.3 is 10.1 Å². The van der Waals surface area contributed by atoms with Crippen molar-refractivity contribution in [2.24, 2.45) is 7.05 Å². The van der Waals surface area contributed by atoms with Crippen LogP contribution in [0.5, 0.6) is 0 Å². The number of nitrogens with zero attached hydrogens (tertiary/aromatic N) is 3. The van der Waals surface area contributed by atoms with Gasteiger partial charge >= 0.3 is 0 Å². The molecule has 0 spiro atoms. The molecule has 19 heavy (non-hydrogen) atoms. The van der Waals surface area contributed by atoms with Gasteiger partial charge in [-0.2, -0.15) is 5.10 Å². The minimum absolute atomic E-state index is 0.530. The molecule has 0 bridgehead atoms. The van der Waals surface area contributed by atoms with E-state index in [1.165, 1.54) is 18.5 Å². The van der Waals surface area contributed by atoms with Crippen LogP contribution in [0.2, 0.25) is 0 Å². The number of nitrogens with one attached hydrogen (secondary N) is 1. The van der Waals surface area contributed by atoms with Gasteiger partial charge in [0.05, 0.1) is 13.2 Å². The van der Waals surface area contributed by atoms with Crippen molar-refractivity contribution in [3.05, 3.63) is 18.0 Å². The maximum Gasteiger partial charge on any atom is 0.0634 e. The molecule has 1 N–H and O–H groups in total. The highest BCUT2D eigenvalue weighted by Crippen LogP contribution is 2.19. The van der Waals surface area contributed by atoms with Crippen LogP contribution in [0.25, 0.3) is 0 Å². The lowest BCUT2D eigenvalue weighted by Crippen LogP contribution is -2.51. The molecule has 1 saturated heterocycles. The average Bonchev–Trinajstić information content (AvgIpc) is 3.17. The first-order chi connectivity index (χ1) is 9.33. The van der Waals surface area contributed by atoms with Gasteiger partial charge in [0.1, 0.15) is 0 Å². The number of ether oxygens (including phenoxy) is 1. The van der Waals surface area contributed by atoms with Gasteiger partial charge in [0.2, 0.25) is 0 Å². The largest absolute Gasteiger partial charge is 0.378 e. The zero-order chi connectivity index (χ0) is 13.1. The van der Waals surface area contributed by atoms with E-state index in [0.717, 1.165) is 45.3 Å². The van der Waals surface area contributed by atoms with Crippen LogP contribution in [0.1, 0.15) is 18.5 Å². The van der Waals surface area contributed by atoms with Crippen LogP contribution in [0, 0.1) is 0 Å². The molecule has 5 nitrogen and oxygen atoms in total. The van der Waals surface area contributed by atoms with Crippen molar-refractivity contribution in [1.29, 1.82) is 0 Å². The van der Waals surface area contributed by atoms with E-state index in [2.05, 4.69) is 21.4 Å². The predicted octanol–water partition coefficient (Wildman–Crippen LogP) is 0.415. The third-order valence-electron chi connectivity index (χ3n) is 4.15. The van der Waals surface area contributed by atoms with Crippen molar-refractivity contribution in [3.63, 3.8) is 0 Å². The van der Waals surface area contributed by atoms with Crippen LogP contribution in [0.3, 0.4) is 0 Å². The summed E-state index contributed by atoms with van der Waals surface area (Å²) < 4.78 is 7.60. The molecule has 1 saturated carbocycles. The summed E-state index contributed by atoms with van der Waals surface area (Å²) in [6.45, 7) is 4.95. The molecule has 1 aromatic rings. The molecule has 0 amide bonds. The molecule has 106 valence electrons. The molecule has 2 fully saturated rings. The lowest BCUT2D eigenvalue weighted by atomic mass is 10.2. The van der Waals surface area contributed by atoms with Crippen LogP contribution in [0.4, 0.5) is 0 Å². The number of aromatic nitrogens is 2. The molecule has 1 aliphatic carbocycles. The minimum Gasteiger partial charge on any atom is -0.378 e. The molecule has 1 atom stereocenters. The Hall–Kier alpha value is -0.910. The van der Waals surface area contributed by atoms with Crippen LogP contribution in [0.15, 0.2) is 12.3 Å². The summed E-state index contributed by atoms with van der Waals surface area (Å²) in [6.07, 6.45) is 5.64. The molecular formula is C14H24N4O. The first-order valence-electron chi connectivity index (χ1n) is 7.35. The van der Waals surface area contributed by atoms with Crippen molar-refractivity contribution in [2.45, 2.75) is 31.3 Å². The molecule has 2 heterocycles. The van der Waals surface area contributed by atoms with E-state index in [0.29, 0.717) is 6.04 Å². The summed E-state index contributed by atoms with van der Waals surface area (Å²) in [5, 5.41) is 7.85. The van der Waals surface area contributed by atoms with Crippen molar-refractivity contribution in [1.82, 2.24) is 20.0 Å². The fourth-order valence-electron chi connectivity index (χ4n) is 2.67. The van der Waals surface area contributed by atoms with Crippen LogP contribution < -0.4 is 5.32 Å². The highest BCUT2D eigenvalue weighted by Gasteiger charge is 2.26. The zero-order valence-corrected chi connectivity index (χ0v) is 11.7. The number of rotatable bonds is 6. The summed E-state index contributed by atoms with van der Waals surface area (Å²) in [4.78, 5) is 2.56.